The molecule has 0 fully saturated rings. The quantitative estimate of drug-likeness (QED) is 0.568. The third-order valence-electron chi connectivity index (χ3n) is 6.38. The molecule has 3 aromatic rings. The fraction of sp³-hybridized carbons (Fsp3) is 0.231. The molecule has 1 N–H and O–H groups in total. The minimum absolute atomic E-state index is 0.0382. The summed E-state index contributed by atoms with van der Waals surface area (Å²) < 4.78 is 36.5. The van der Waals surface area contributed by atoms with Crippen LogP contribution in [0.25, 0.3) is 0 Å². The average molecular weight is 479 g/mol. The number of halogens is 2. The summed E-state index contributed by atoms with van der Waals surface area (Å²) in [5.74, 6) is -3.58. The highest BCUT2D eigenvalue weighted by molar-refractivity contribution is 5.96. The molecule has 7 nitrogen and oxygen atoms in total. The molecule has 1 aromatic heterocycles. The second-order valence-corrected chi connectivity index (χ2v) is 8.39. The van der Waals surface area contributed by atoms with Crippen molar-refractivity contribution in [1.82, 2.24) is 9.58 Å². The van der Waals surface area contributed by atoms with Crippen LogP contribution in [0.15, 0.2) is 71.7 Å². The van der Waals surface area contributed by atoms with Crippen molar-refractivity contribution in [2.24, 2.45) is 0 Å². The van der Waals surface area contributed by atoms with Gasteiger partial charge in [0.1, 0.15) is 19.3 Å². The van der Waals surface area contributed by atoms with Gasteiger partial charge in [0, 0.05) is 17.8 Å². The van der Waals surface area contributed by atoms with Crippen molar-refractivity contribution in [3.05, 3.63) is 106 Å². The van der Waals surface area contributed by atoms with Crippen LogP contribution in [0.5, 0.6) is 11.5 Å². The van der Waals surface area contributed by atoms with Crippen molar-refractivity contribution in [2.45, 2.75) is 25.4 Å². The van der Waals surface area contributed by atoms with Crippen LogP contribution in [0.4, 0.5) is 8.78 Å². The number of fused-ring (bicyclic) bond motifs is 5. The number of pyridine rings is 1. The maximum atomic E-state index is 15.1. The first-order chi connectivity index (χ1) is 16.9. The Morgan fingerprint density at radius 1 is 1.09 bits per heavy atom. The minimum Gasteiger partial charge on any atom is -0.502 e. The smallest absolute Gasteiger partial charge is 0.278 e. The van der Waals surface area contributed by atoms with Gasteiger partial charge < -0.3 is 14.7 Å². The molecule has 0 aliphatic carbocycles. The third kappa shape index (κ3) is 3.73. The molecule has 0 unspecified atom stereocenters. The van der Waals surface area contributed by atoms with Gasteiger partial charge >= 0.3 is 0 Å². The lowest BCUT2D eigenvalue weighted by Gasteiger charge is -2.45. The summed E-state index contributed by atoms with van der Waals surface area (Å²) >= 11 is 0. The van der Waals surface area contributed by atoms with Crippen LogP contribution in [0, 0.1) is 11.6 Å². The van der Waals surface area contributed by atoms with E-state index in [1.807, 2.05) is 37.3 Å². The maximum Gasteiger partial charge on any atom is 0.278 e. The molecule has 1 amide bonds. The van der Waals surface area contributed by atoms with Crippen LogP contribution in [0.3, 0.4) is 0 Å². The summed E-state index contributed by atoms with van der Waals surface area (Å²) in [5.41, 5.74) is 0.159. The zero-order chi connectivity index (χ0) is 24.7. The van der Waals surface area contributed by atoms with Crippen molar-refractivity contribution in [2.75, 3.05) is 18.3 Å². The lowest BCUT2D eigenvalue weighted by atomic mass is 9.96. The molecule has 0 saturated heterocycles. The third-order valence-corrected chi connectivity index (χ3v) is 6.38. The van der Waals surface area contributed by atoms with E-state index in [1.165, 1.54) is 16.9 Å². The van der Waals surface area contributed by atoms with Gasteiger partial charge in [0.25, 0.3) is 5.91 Å². The molecule has 2 atom stereocenters. The molecular weight excluding hydrogens is 456 g/mol. The van der Waals surface area contributed by atoms with Crippen molar-refractivity contribution >= 4 is 5.91 Å². The Balaban J connectivity index is 1.84. The first kappa shape index (κ1) is 22.6. The van der Waals surface area contributed by atoms with Gasteiger partial charge in [0.15, 0.2) is 23.0 Å². The van der Waals surface area contributed by atoms with Crippen LogP contribution in [-0.4, -0.2) is 39.9 Å². The molecular formula is C26H23F2N3O4. The number of rotatable bonds is 2. The highest BCUT2D eigenvalue weighted by Gasteiger charge is 2.40. The number of nitrogens with zero attached hydrogens (tertiary/aromatic N) is 3. The van der Waals surface area contributed by atoms with E-state index in [0.29, 0.717) is 17.5 Å². The van der Waals surface area contributed by atoms with Crippen molar-refractivity contribution in [3.8, 4) is 11.5 Å². The Morgan fingerprint density at radius 3 is 2.60 bits per heavy atom. The van der Waals surface area contributed by atoms with Crippen LogP contribution >= 0.6 is 0 Å². The summed E-state index contributed by atoms with van der Waals surface area (Å²) in [7, 11) is 0. The second kappa shape index (κ2) is 8.90. The Morgan fingerprint density at radius 2 is 1.86 bits per heavy atom. The topological polar surface area (TPSA) is 75.0 Å². The molecule has 2 aliphatic rings. The zero-order valence-corrected chi connectivity index (χ0v) is 18.9. The first-order valence-electron chi connectivity index (χ1n) is 11.3. The molecule has 9 heteroatoms. The predicted octanol–water partition coefficient (Wildman–Crippen LogP) is 3.70. The number of benzene rings is 2. The van der Waals surface area contributed by atoms with Crippen molar-refractivity contribution in [3.63, 3.8) is 0 Å². The van der Waals surface area contributed by atoms with Crippen LogP contribution in [0.1, 0.15) is 41.0 Å². The van der Waals surface area contributed by atoms with Gasteiger partial charge in [0.05, 0.1) is 6.04 Å². The first-order valence-corrected chi connectivity index (χ1v) is 11.3. The number of aromatic hydroxyl groups is 1. The lowest BCUT2D eigenvalue weighted by molar-refractivity contribution is 0.0626. The van der Waals surface area contributed by atoms with Gasteiger partial charge in [-0.2, -0.15) is 4.39 Å². The Hall–Kier alpha value is -4.14. The molecule has 0 spiro atoms. The van der Waals surface area contributed by atoms with E-state index < -0.39 is 40.8 Å². The Kier molecular flexibility index (Phi) is 5.76. The van der Waals surface area contributed by atoms with Gasteiger partial charge in [-0.3, -0.25) is 19.3 Å². The van der Waals surface area contributed by atoms with E-state index >= 15 is 4.39 Å². The molecule has 0 radical (unpaired) electrons. The Labute approximate surface area is 200 Å². The van der Waals surface area contributed by atoms with Gasteiger partial charge in [-0.25, -0.2) is 4.39 Å². The number of carbonyl (C=O) groups is 1. The fourth-order valence-corrected chi connectivity index (χ4v) is 4.68. The molecule has 2 aliphatic heterocycles. The van der Waals surface area contributed by atoms with Crippen LogP contribution < -0.4 is 15.2 Å². The summed E-state index contributed by atoms with van der Waals surface area (Å²) in [6, 6.07) is 11.6. The summed E-state index contributed by atoms with van der Waals surface area (Å²) in [4.78, 5) is 27.4. The number of aromatic nitrogens is 1. The number of amides is 1. The number of ether oxygens (including phenoxy) is 1. The van der Waals surface area contributed by atoms with E-state index in [0.717, 1.165) is 12.1 Å². The monoisotopic (exact) mass is 479 g/mol. The SMILES string of the molecule is CC[C@H]1/C=C\COc2c(ccc(F)c2F)[C@@H](c2ccccc2)N2CN1C(=O)c1c(O)c(=O)ccn12. The van der Waals surface area contributed by atoms with Crippen LogP contribution in [-0.2, 0) is 0 Å². The number of hydrogen-bond donors (Lipinski definition) is 1. The lowest BCUT2D eigenvalue weighted by Crippen LogP contribution is -2.57. The largest absolute Gasteiger partial charge is 0.502 e. The number of carbonyl (C=O) groups excluding carboxylic acids is 1. The summed E-state index contributed by atoms with van der Waals surface area (Å²) in [6.07, 6.45) is 5.35. The van der Waals surface area contributed by atoms with Gasteiger partial charge in [-0.15, -0.1) is 0 Å². The Bertz CT molecular complexity index is 1370. The highest BCUT2D eigenvalue weighted by Crippen LogP contribution is 2.39. The minimum atomic E-state index is -1.11. The maximum absolute atomic E-state index is 15.1. The van der Waals surface area contributed by atoms with E-state index in [2.05, 4.69) is 0 Å². The van der Waals surface area contributed by atoms with E-state index in [4.69, 9.17) is 4.74 Å². The normalized spacial score (nSPS) is 20.4. The molecule has 3 heterocycles. The molecule has 180 valence electrons. The molecule has 5 rings (SSSR count). The molecule has 35 heavy (non-hydrogen) atoms. The van der Waals surface area contributed by atoms with Gasteiger partial charge in [-0.1, -0.05) is 43.3 Å². The summed E-state index contributed by atoms with van der Waals surface area (Å²) in [6.45, 7) is 1.91. The standard InChI is InChI=1S/C26H23F2N3O4/c1-2-17-9-6-14-35-25-18(10-11-19(27)21(25)28)22(16-7-4-3-5-8-16)31-15-29(17)26(34)23-24(33)20(32)12-13-30(23)31/h3-13,17,22,33H,2,14-15H2,1H3/b9-6-/t17-,22+/m0/s1. The molecule has 2 aromatic carbocycles. The average Bonchev–Trinajstić information content (AvgIpc) is 2.89. The van der Waals surface area contributed by atoms with E-state index in [9.17, 15) is 19.1 Å². The predicted molar refractivity (Wildman–Crippen MR) is 125 cm³/mol. The van der Waals surface area contributed by atoms with E-state index in [1.54, 1.807) is 22.1 Å². The fourth-order valence-electron chi connectivity index (χ4n) is 4.68. The van der Waals surface area contributed by atoms with Crippen LogP contribution in [0.2, 0.25) is 0 Å². The zero-order valence-electron chi connectivity index (χ0n) is 18.9. The van der Waals surface area contributed by atoms with Gasteiger partial charge in [0.2, 0.25) is 11.2 Å². The molecule has 2 bridgehead atoms. The molecule has 0 saturated carbocycles. The van der Waals surface area contributed by atoms with Crippen molar-refractivity contribution in [1.29, 1.82) is 0 Å². The van der Waals surface area contributed by atoms with Crippen molar-refractivity contribution < 1.29 is 23.4 Å². The van der Waals surface area contributed by atoms with Gasteiger partial charge in [-0.05, 0) is 30.2 Å². The second-order valence-electron chi connectivity index (χ2n) is 8.39. The highest BCUT2D eigenvalue weighted by atomic mass is 19.2. The number of hydrogen-bond acceptors (Lipinski definition) is 5. The summed E-state index contributed by atoms with van der Waals surface area (Å²) in [5, 5.41) is 12.4. The van der Waals surface area contributed by atoms with E-state index in [-0.39, 0.29) is 24.7 Å².